The monoisotopic (exact) mass is 423 g/mol. The van der Waals surface area contributed by atoms with Crippen LogP contribution < -0.4 is 5.32 Å². The van der Waals surface area contributed by atoms with Gasteiger partial charge in [-0.3, -0.25) is 4.79 Å². The third-order valence-electron chi connectivity index (χ3n) is 5.05. The lowest BCUT2D eigenvalue weighted by Gasteiger charge is -2.13. The van der Waals surface area contributed by atoms with E-state index in [0.717, 1.165) is 39.5 Å². The summed E-state index contributed by atoms with van der Waals surface area (Å²) < 4.78 is 3.93. The van der Waals surface area contributed by atoms with E-state index in [-0.39, 0.29) is 11.9 Å². The van der Waals surface area contributed by atoms with Crippen LogP contribution in [0.3, 0.4) is 0 Å². The van der Waals surface area contributed by atoms with E-state index in [0.29, 0.717) is 5.69 Å². The van der Waals surface area contributed by atoms with Crippen molar-refractivity contribution in [2.45, 2.75) is 32.1 Å². The molecule has 1 aliphatic rings. The summed E-state index contributed by atoms with van der Waals surface area (Å²) in [5.74, 6) is 1.95. The van der Waals surface area contributed by atoms with Gasteiger partial charge >= 0.3 is 0 Å². The Bertz CT molecular complexity index is 1190. The zero-order valence-corrected chi connectivity index (χ0v) is 17.9. The highest BCUT2D eigenvalue weighted by molar-refractivity contribution is 7.98. The first-order valence-corrected chi connectivity index (χ1v) is 11.6. The van der Waals surface area contributed by atoms with Crippen molar-refractivity contribution in [1.29, 1.82) is 0 Å². The van der Waals surface area contributed by atoms with Gasteiger partial charge < -0.3 is 9.88 Å². The molecule has 148 valence electrons. The molecule has 1 aliphatic heterocycles. The number of rotatable bonds is 4. The van der Waals surface area contributed by atoms with Crippen LogP contribution in [0.2, 0.25) is 0 Å². The Kier molecular flexibility index (Phi) is 4.67. The number of carbonyl (C=O) groups excluding carboxylic acids is 1. The molecule has 4 aromatic rings. The summed E-state index contributed by atoms with van der Waals surface area (Å²) in [5, 5.41) is 9.39. The normalized spacial score (nSPS) is 13.8. The van der Waals surface area contributed by atoms with Gasteiger partial charge in [0.05, 0.1) is 23.6 Å². The van der Waals surface area contributed by atoms with Crippen LogP contribution in [-0.4, -0.2) is 31.0 Å². The molecule has 1 N–H and O–H groups in total. The summed E-state index contributed by atoms with van der Waals surface area (Å²) in [6.07, 6.45) is 8.43. The molecule has 0 saturated heterocycles. The van der Waals surface area contributed by atoms with Gasteiger partial charge in [0.15, 0.2) is 5.65 Å². The maximum atomic E-state index is 13.3. The summed E-state index contributed by atoms with van der Waals surface area (Å²) in [4.78, 5) is 19.2. The number of pyridine rings is 1. The highest BCUT2D eigenvalue weighted by Crippen LogP contribution is 2.38. The van der Waals surface area contributed by atoms with Crippen molar-refractivity contribution in [3.05, 3.63) is 59.0 Å². The third kappa shape index (κ3) is 3.26. The molecule has 4 aromatic heterocycles. The minimum atomic E-state index is -0.0736. The second-order valence-corrected chi connectivity index (χ2v) is 9.54. The predicted molar refractivity (Wildman–Crippen MR) is 119 cm³/mol. The van der Waals surface area contributed by atoms with Crippen molar-refractivity contribution in [1.82, 2.24) is 19.3 Å². The molecule has 0 atom stereocenters. The molecule has 0 radical (unpaired) electrons. The fourth-order valence-electron chi connectivity index (χ4n) is 3.68. The summed E-state index contributed by atoms with van der Waals surface area (Å²) >= 11 is 3.65. The van der Waals surface area contributed by atoms with E-state index in [1.807, 2.05) is 51.6 Å². The number of nitrogens with one attached hydrogen (secondary N) is 1. The lowest BCUT2D eigenvalue weighted by molar-refractivity contribution is 0.102. The van der Waals surface area contributed by atoms with E-state index >= 15 is 0 Å². The summed E-state index contributed by atoms with van der Waals surface area (Å²) in [7, 11) is 0. The fraction of sp³-hybridized carbons (Fsp3) is 0.286. The molecule has 0 aliphatic carbocycles. The van der Waals surface area contributed by atoms with Gasteiger partial charge in [-0.1, -0.05) is 0 Å². The van der Waals surface area contributed by atoms with Crippen LogP contribution in [0.25, 0.3) is 16.0 Å². The number of thiophene rings is 1. The molecule has 6 nitrogen and oxygen atoms in total. The number of anilines is 1. The number of fused-ring (bicyclic) bond motifs is 2. The Hall–Kier alpha value is -2.58. The standard InChI is InChI=1S/C21H21N5OS2/c1-13(2)26-19-14(10-23-26)9-15(11-22-19)24-20(27)18-16-5-8-28-12-17(16)29-21(18)25-6-3-4-7-25/h3-4,6-7,9-11,13H,5,8,12H2,1-2H3,(H,24,27). The zero-order chi connectivity index (χ0) is 20.0. The molecule has 0 saturated carbocycles. The van der Waals surface area contributed by atoms with Gasteiger partial charge in [-0.2, -0.15) is 16.9 Å². The molecule has 0 unspecified atom stereocenters. The summed E-state index contributed by atoms with van der Waals surface area (Å²) in [6.45, 7) is 4.15. The van der Waals surface area contributed by atoms with Gasteiger partial charge in [0.2, 0.25) is 0 Å². The van der Waals surface area contributed by atoms with Crippen LogP contribution in [-0.2, 0) is 12.2 Å². The Morgan fingerprint density at radius 2 is 2.07 bits per heavy atom. The maximum Gasteiger partial charge on any atom is 0.259 e. The number of carbonyl (C=O) groups is 1. The molecule has 8 heteroatoms. The molecule has 0 aromatic carbocycles. The van der Waals surface area contributed by atoms with Gasteiger partial charge in [-0.25, -0.2) is 9.67 Å². The Labute approximate surface area is 176 Å². The van der Waals surface area contributed by atoms with E-state index in [2.05, 4.69) is 29.2 Å². The zero-order valence-electron chi connectivity index (χ0n) is 16.3. The van der Waals surface area contributed by atoms with Crippen LogP contribution in [0.5, 0.6) is 0 Å². The molecule has 5 heterocycles. The van der Waals surface area contributed by atoms with Crippen molar-refractivity contribution in [3.8, 4) is 5.00 Å². The van der Waals surface area contributed by atoms with Crippen LogP contribution in [0.15, 0.2) is 43.0 Å². The van der Waals surface area contributed by atoms with Gasteiger partial charge in [-0.05, 0) is 49.8 Å². The average molecular weight is 424 g/mol. The number of hydrogen-bond acceptors (Lipinski definition) is 5. The van der Waals surface area contributed by atoms with Crippen LogP contribution in [0, 0.1) is 0 Å². The Balaban J connectivity index is 1.51. The number of aromatic nitrogens is 4. The van der Waals surface area contributed by atoms with Crippen LogP contribution in [0.4, 0.5) is 5.69 Å². The fourth-order valence-corrected chi connectivity index (χ4v) is 6.13. The predicted octanol–water partition coefficient (Wildman–Crippen LogP) is 4.91. The number of nitrogens with zero attached hydrogens (tertiary/aromatic N) is 4. The first-order valence-electron chi connectivity index (χ1n) is 9.62. The van der Waals surface area contributed by atoms with Gasteiger partial charge in [-0.15, -0.1) is 11.3 Å². The Morgan fingerprint density at radius 1 is 1.24 bits per heavy atom. The third-order valence-corrected chi connectivity index (χ3v) is 7.46. The smallest absolute Gasteiger partial charge is 0.259 e. The summed E-state index contributed by atoms with van der Waals surface area (Å²) in [5.41, 5.74) is 3.50. The molecule has 1 amide bonds. The maximum absolute atomic E-state index is 13.3. The van der Waals surface area contributed by atoms with Gasteiger partial charge in [0.1, 0.15) is 5.00 Å². The van der Waals surface area contributed by atoms with Crippen molar-refractivity contribution in [2.75, 3.05) is 11.1 Å². The van der Waals surface area contributed by atoms with E-state index in [4.69, 9.17) is 0 Å². The van der Waals surface area contributed by atoms with Crippen molar-refractivity contribution < 1.29 is 4.79 Å². The van der Waals surface area contributed by atoms with E-state index in [1.54, 1.807) is 23.7 Å². The molecule has 5 rings (SSSR count). The topological polar surface area (TPSA) is 64.7 Å². The molecule has 0 fully saturated rings. The van der Waals surface area contributed by atoms with Gasteiger partial charge in [0.25, 0.3) is 5.91 Å². The molecule has 0 spiro atoms. The molecular weight excluding hydrogens is 402 g/mol. The Morgan fingerprint density at radius 3 is 2.86 bits per heavy atom. The van der Waals surface area contributed by atoms with E-state index in [9.17, 15) is 4.79 Å². The molecule has 29 heavy (non-hydrogen) atoms. The van der Waals surface area contributed by atoms with Crippen molar-refractivity contribution in [2.24, 2.45) is 0 Å². The average Bonchev–Trinajstić information content (AvgIpc) is 3.44. The number of amides is 1. The molecular formula is C21H21N5OS2. The first kappa shape index (κ1) is 18.4. The van der Waals surface area contributed by atoms with Crippen LogP contribution in [0.1, 0.15) is 40.7 Å². The van der Waals surface area contributed by atoms with Crippen LogP contribution >= 0.6 is 23.1 Å². The highest BCUT2D eigenvalue weighted by atomic mass is 32.2. The minimum Gasteiger partial charge on any atom is -0.320 e. The highest BCUT2D eigenvalue weighted by Gasteiger charge is 2.26. The second kappa shape index (κ2) is 7.35. The lowest BCUT2D eigenvalue weighted by Crippen LogP contribution is -2.16. The van der Waals surface area contributed by atoms with E-state index in [1.165, 1.54) is 10.4 Å². The van der Waals surface area contributed by atoms with Crippen molar-refractivity contribution >= 4 is 45.7 Å². The SMILES string of the molecule is CC(C)n1ncc2cc(NC(=O)c3c(-n4cccc4)sc4c3CCSC4)cnc21. The second-order valence-electron chi connectivity index (χ2n) is 7.35. The lowest BCUT2D eigenvalue weighted by atomic mass is 10.1. The minimum absolute atomic E-state index is 0.0736. The number of thioether (sulfide) groups is 1. The largest absolute Gasteiger partial charge is 0.320 e. The molecule has 0 bridgehead atoms. The summed E-state index contributed by atoms with van der Waals surface area (Å²) in [6, 6.07) is 6.15. The van der Waals surface area contributed by atoms with Crippen molar-refractivity contribution in [3.63, 3.8) is 0 Å². The quantitative estimate of drug-likeness (QED) is 0.507. The first-order chi connectivity index (χ1) is 14.1. The number of hydrogen-bond donors (Lipinski definition) is 1. The van der Waals surface area contributed by atoms with Gasteiger partial charge in [0, 0.05) is 34.5 Å². The van der Waals surface area contributed by atoms with E-state index < -0.39 is 0 Å².